The first-order chi connectivity index (χ1) is 9.71. The number of rotatable bonds is 7. The molecule has 6 nitrogen and oxygen atoms in total. The van der Waals surface area contributed by atoms with E-state index in [2.05, 4.69) is 5.32 Å². The van der Waals surface area contributed by atoms with E-state index < -0.39 is 38.1 Å². The molecule has 9 heteroatoms. The van der Waals surface area contributed by atoms with E-state index in [1.165, 1.54) is 7.05 Å². The average Bonchev–Trinajstić information content (AvgIpc) is 2.41. The fourth-order valence-electron chi connectivity index (χ4n) is 1.64. The molecular formula is C12H16F2N2O4S. The minimum absolute atomic E-state index is 0.0849. The number of nitrogens with zero attached hydrogens (tertiary/aromatic N) is 1. The Morgan fingerprint density at radius 1 is 1.38 bits per heavy atom. The van der Waals surface area contributed by atoms with Crippen LogP contribution in [-0.2, 0) is 10.0 Å². The average molecular weight is 322 g/mol. The molecule has 0 fully saturated rings. The van der Waals surface area contributed by atoms with Crippen LogP contribution in [0.15, 0.2) is 17.0 Å². The normalized spacial score (nSPS) is 11.9. The lowest BCUT2D eigenvalue weighted by Gasteiger charge is -2.18. The van der Waals surface area contributed by atoms with Crippen molar-refractivity contribution in [2.45, 2.75) is 11.3 Å². The van der Waals surface area contributed by atoms with Gasteiger partial charge in [-0.05, 0) is 32.1 Å². The van der Waals surface area contributed by atoms with Crippen LogP contribution in [0, 0.1) is 11.6 Å². The number of aromatic carboxylic acids is 1. The molecule has 0 unspecified atom stereocenters. The first-order valence-corrected chi connectivity index (χ1v) is 7.49. The minimum atomic E-state index is -4.30. The molecule has 1 aromatic carbocycles. The third kappa shape index (κ3) is 3.96. The van der Waals surface area contributed by atoms with E-state index in [0.29, 0.717) is 25.1 Å². The van der Waals surface area contributed by atoms with Gasteiger partial charge in [0.2, 0.25) is 10.0 Å². The van der Waals surface area contributed by atoms with Gasteiger partial charge in [-0.1, -0.05) is 0 Å². The predicted octanol–water partition coefficient (Wildman–Crippen LogP) is 0.893. The number of hydrogen-bond acceptors (Lipinski definition) is 4. The summed E-state index contributed by atoms with van der Waals surface area (Å²) in [6.07, 6.45) is 0.467. The molecule has 0 bridgehead atoms. The van der Waals surface area contributed by atoms with Crippen molar-refractivity contribution in [2.24, 2.45) is 0 Å². The Kier molecular flexibility index (Phi) is 5.76. The van der Waals surface area contributed by atoms with E-state index in [0.717, 1.165) is 4.31 Å². The first kappa shape index (κ1) is 17.5. The zero-order valence-corrected chi connectivity index (χ0v) is 12.4. The van der Waals surface area contributed by atoms with Gasteiger partial charge in [0.15, 0.2) is 11.6 Å². The van der Waals surface area contributed by atoms with Gasteiger partial charge in [0.25, 0.3) is 0 Å². The minimum Gasteiger partial charge on any atom is -0.478 e. The van der Waals surface area contributed by atoms with Crippen molar-refractivity contribution in [1.82, 2.24) is 9.62 Å². The molecule has 0 saturated carbocycles. The summed E-state index contributed by atoms with van der Waals surface area (Å²) in [6.45, 7) is 0.632. The third-order valence-electron chi connectivity index (χ3n) is 2.83. The maximum Gasteiger partial charge on any atom is 0.335 e. The molecule has 0 radical (unpaired) electrons. The molecule has 1 aromatic rings. The lowest BCUT2D eigenvalue weighted by Crippen LogP contribution is -2.30. The molecule has 0 spiro atoms. The molecule has 0 aliphatic rings. The van der Waals surface area contributed by atoms with Crippen molar-refractivity contribution in [3.63, 3.8) is 0 Å². The van der Waals surface area contributed by atoms with E-state index in [1.807, 2.05) is 0 Å². The summed E-state index contributed by atoms with van der Waals surface area (Å²) < 4.78 is 52.3. The number of sulfonamides is 1. The Balaban J connectivity index is 3.21. The highest BCUT2D eigenvalue weighted by Crippen LogP contribution is 2.22. The van der Waals surface area contributed by atoms with Crippen LogP contribution in [0.25, 0.3) is 0 Å². The molecule has 118 valence electrons. The summed E-state index contributed by atoms with van der Waals surface area (Å²) in [4.78, 5) is 9.84. The molecule has 0 amide bonds. The smallest absolute Gasteiger partial charge is 0.335 e. The Morgan fingerprint density at radius 2 is 2.00 bits per heavy atom. The van der Waals surface area contributed by atoms with Crippen molar-refractivity contribution in [3.05, 3.63) is 29.3 Å². The van der Waals surface area contributed by atoms with Crippen LogP contribution in [0.4, 0.5) is 8.78 Å². The summed E-state index contributed by atoms with van der Waals surface area (Å²) in [5, 5.41) is 11.6. The van der Waals surface area contributed by atoms with Gasteiger partial charge in [0, 0.05) is 13.6 Å². The highest BCUT2D eigenvalue weighted by atomic mass is 32.2. The monoisotopic (exact) mass is 322 g/mol. The number of carboxylic acid groups (broad SMARTS) is 1. The number of nitrogens with one attached hydrogen (secondary N) is 1. The molecule has 21 heavy (non-hydrogen) atoms. The fraction of sp³-hybridized carbons (Fsp3) is 0.417. The number of carboxylic acids is 1. The zero-order valence-electron chi connectivity index (χ0n) is 11.6. The topological polar surface area (TPSA) is 86.7 Å². The van der Waals surface area contributed by atoms with Gasteiger partial charge >= 0.3 is 5.97 Å². The first-order valence-electron chi connectivity index (χ1n) is 6.05. The summed E-state index contributed by atoms with van der Waals surface area (Å²) in [6, 6.07) is 1.06. The van der Waals surface area contributed by atoms with Crippen LogP contribution in [0.3, 0.4) is 0 Å². The van der Waals surface area contributed by atoms with E-state index >= 15 is 0 Å². The molecule has 0 aliphatic carbocycles. The number of benzene rings is 1. The second kappa shape index (κ2) is 6.92. The van der Waals surface area contributed by atoms with Crippen LogP contribution < -0.4 is 5.32 Å². The summed E-state index contributed by atoms with van der Waals surface area (Å²) in [5.74, 6) is -4.64. The van der Waals surface area contributed by atoms with Crippen LogP contribution in [0.2, 0.25) is 0 Å². The predicted molar refractivity (Wildman–Crippen MR) is 71.7 cm³/mol. The van der Waals surface area contributed by atoms with Crippen molar-refractivity contribution >= 4 is 16.0 Å². The fourth-order valence-corrected chi connectivity index (χ4v) is 2.95. The number of halogens is 2. The second-order valence-corrected chi connectivity index (χ2v) is 6.37. The van der Waals surface area contributed by atoms with Crippen molar-refractivity contribution < 1.29 is 27.1 Å². The van der Waals surface area contributed by atoms with Crippen LogP contribution in [0.5, 0.6) is 0 Å². The molecule has 0 aromatic heterocycles. The third-order valence-corrected chi connectivity index (χ3v) is 4.69. The Hall–Kier alpha value is -1.58. The molecule has 1 rings (SSSR count). The highest BCUT2D eigenvalue weighted by molar-refractivity contribution is 7.89. The number of hydrogen-bond donors (Lipinski definition) is 2. The van der Waals surface area contributed by atoms with E-state index in [1.54, 1.807) is 7.05 Å². The number of carbonyl (C=O) groups is 1. The van der Waals surface area contributed by atoms with Gasteiger partial charge in [-0.2, -0.15) is 0 Å². The molecule has 0 heterocycles. The largest absolute Gasteiger partial charge is 0.478 e. The van der Waals surface area contributed by atoms with Gasteiger partial charge in [0.1, 0.15) is 4.90 Å². The second-order valence-electron chi connectivity index (χ2n) is 4.36. The van der Waals surface area contributed by atoms with Gasteiger partial charge < -0.3 is 10.4 Å². The zero-order chi connectivity index (χ0) is 16.2. The van der Waals surface area contributed by atoms with Crippen molar-refractivity contribution in [1.29, 1.82) is 0 Å². The van der Waals surface area contributed by atoms with Crippen molar-refractivity contribution in [2.75, 3.05) is 27.2 Å². The standard InChI is InChI=1S/C12H16F2N2O4S/c1-15-4-3-5-16(2)21(19,20)10-7-8(12(17)18)6-9(13)11(10)14/h6-7,15H,3-5H2,1-2H3,(H,17,18). The molecule has 0 atom stereocenters. The molecule has 2 N–H and O–H groups in total. The summed E-state index contributed by atoms with van der Waals surface area (Å²) >= 11 is 0. The van der Waals surface area contributed by atoms with Gasteiger partial charge in [-0.3, -0.25) is 0 Å². The van der Waals surface area contributed by atoms with Gasteiger partial charge in [-0.25, -0.2) is 26.3 Å². The maximum atomic E-state index is 13.7. The summed E-state index contributed by atoms with van der Waals surface area (Å²) in [7, 11) is -1.39. The van der Waals surface area contributed by atoms with Gasteiger partial charge in [-0.15, -0.1) is 0 Å². The Labute approximate surface area is 121 Å². The Bertz CT molecular complexity index is 634. The lowest BCUT2D eigenvalue weighted by atomic mass is 10.2. The molecule has 0 aliphatic heterocycles. The van der Waals surface area contributed by atoms with Crippen LogP contribution in [0.1, 0.15) is 16.8 Å². The van der Waals surface area contributed by atoms with Crippen LogP contribution >= 0.6 is 0 Å². The highest BCUT2D eigenvalue weighted by Gasteiger charge is 2.28. The van der Waals surface area contributed by atoms with E-state index in [4.69, 9.17) is 5.11 Å². The summed E-state index contributed by atoms with van der Waals surface area (Å²) in [5.41, 5.74) is -0.629. The maximum absolute atomic E-state index is 13.7. The Morgan fingerprint density at radius 3 is 2.52 bits per heavy atom. The van der Waals surface area contributed by atoms with E-state index in [9.17, 15) is 22.0 Å². The van der Waals surface area contributed by atoms with Crippen molar-refractivity contribution in [3.8, 4) is 0 Å². The van der Waals surface area contributed by atoms with Crippen LogP contribution in [-0.4, -0.2) is 51.0 Å². The molecular weight excluding hydrogens is 306 g/mol. The van der Waals surface area contributed by atoms with Gasteiger partial charge in [0.05, 0.1) is 5.56 Å². The quantitative estimate of drug-likeness (QED) is 0.728. The van der Waals surface area contributed by atoms with E-state index in [-0.39, 0.29) is 6.54 Å². The lowest BCUT2D eigenvalue weighted by molar-refractivity contribution is 0.0696. The SMILES string of the molecule is CNCCCN(C)S(=O)(=O)c1cc(C(=O)O)cc(F)c1F. The molecule has 0 saturated heterocycles.